The molecule has 0 fully saturated rings. The monoisotopic (exact) mass is 347 g/mol. The number of carbonyl (C=O) groups is 2. The van der Waals surface area contributed by atoms with Gasteiger partial charge in [-0.3, -0.25) is 9.59 Å². The smallest absolute Gasteiger partial charge is 0.253 e. The summed E-state index contributed by atoms with van der Waals surface area (Å²) >= 11 is 0. The van der Waals surface area contributed by atoms with E-state index < -0.39 is 0 Å². The lowest BCUT2D eigenvalue weighted by Crippen LogP contribution is -2.27. The average molecular weight is 348 g/mol. The molecule has 0 saturated heterocycles. The number of nitrogens with one attached hydrogen (secondary N) is 2. The molecule has 1 aromatic rings. The number of carbonyl (C=O) groups excluding carboxylic acids is 2. The number of hydrogen-bond donors (Lipinski definition) is 2. The highest BCUT2D eigenvalue weighted by molar-refractivity contribution is 6.02. The normalized spacial score (nSPS) is 11.7. The van der Waals surface area contributed by atoms with E-state index in [-0.39, 0.29) is 17.7 Å². The van der Waals surface area contributed by atoms with Crippen LogP contribution in [0.15, 0.2) is 18.2 Å². The second-order valence-electron chi connectivity index (χ2n) is 6.62. The maximum absolute atomic E-state index is 12.5. The first-order valence-corrected chi connectivity index (χ1v) is 9.34. The highest BCUT2D eigenvalue weighted by Gasteiger charge is 2.18. The quantitative estimate of drug-likeness (QED) is 0.671. The van der Waals surface area contributed by atoms with Gasteiger partial charge < -0.3 is 15.5 Å². The van der Waals surface area contributed by atoms with Crippen molar-refractivity contribution in [2.75, 3.05) is 30.9 Å². The van der Waals surface area contributed by atoms with E-state index in [4.69, 9.17) is 0 Å². The third-order valence-corrected chi connectivity index (χ3v) is 4.30. The van der Waals surface area contributed by atoms with Crippen LogP contribution in [-0.4, -0.2) is 32.5 Å². The van der Waals surface area contributed by atoms with Crippen molar-refractivity contribution in [2.24, 2.45) is 5.92 Å². The first-order chi connectivity index (χ1) is 11.9. The molecule has 0 spiro atoms. The number of amides is 2. The van der Waals surface area contributed by atoms with Gasteiger partial charge in [0.1, 0.15) is 0 Å². The van der Waals surface area contributed by atoms with Crippen molar-refractivity contribution >= 4 is 23.2 Å². The van der Waals surface area contributed by atoms with Crippen LogP contribution >= 0.6 is 0 Å². The molecule has 140 valence electrons. The molecule has 2 amide bonds. The Bertz CT molecular complexity index is 570. The number of anilines is 2. The van der Waals surface area contributed by atoms with Crippen molar-refractivity contribution in [3.8, 4) is 0 Å². The van der Waals surface area contributed by atoms with Crippen LogP contribution in [0.25, 0.3) is 0 Å². The van der Waals surface area contributed by atoms with Gasteiger partial charge in [0.15, 0.2) is 0 Å². The van der Waals surface area contributed by atoms with Gasteiger partial charge in [0.25, 0.3) is 5.91 Å². The zero-order valence-electron chi connectivity index (χ0n) is 16.3. The minimum Gasteiger partial charge on any atom is -0.377 e. The van der Waals surface area contributed by atoms with E-state index in [0.29, 0.717) is 17.8 Å². The molecular formula is C20H33N3O2. The van der Waals surface area contributed by atoms with Gasteiger partial charge in [0.2, 0.25) is 5.91 Å². The zero-order chi connectivity index (χ0) is 18.8. The number of rotatable bonds is 10. The van der Waals surface area contributed by atoms with Gasteiger partial charge in [-0.25, -0.2) is 0 Å². The Morgan fingerprint density at radius 1 is 1.12 bits per heavy atom. The molecule has 0 aromatic heterocycles. The van der Waals surface area contributed by atoms with E-state index >= 15 is 0 Å². The summed E-state index contributed by atoms with van der Waals surface area (Å²) in [5.41, 5.74) is 2.09. The lowest BCUT2D eigenvalue weighted by atomic mass is 9.98. The van der Waals surface area contributed by atoms with Crippen molar-refractivity contribution in [3.05, 3.63) is 23.8 Å². The van der Waals surface area contributed by atoms with E-state index in [9.17, 15) is 9.59 Å². The van der Waals surface area contributed by atoms with Gasteiger partial charge in [-0.2, -0.15) is 0 Å². The molecule has 0 heterocycles. The Kier molecular flexibility index (Phi) is 9.03. The topological polar surface area (TPSA) is 61.4 Å². The minimum absolute atomic E-state index is 0.0193. The molecule has 0 bridgehead atoms. The summed E-state index contributed by atoms with van der Waals surface area (Å²) < 4.78 is 0. The summed E-state index contributed by atoms with van der Waals surface area (Å²) in [6.45, 7) is 6.83. The van der Waals surface area contributed by atoms with Crippen LogP contribution in [0.5, 0.6) is 0 Å². The number of hydrogen-bond acceptors (Lipinski definition) is 3. The predicted molar refractivity (Wildman–Crippen MR) is 105 cm³/mol. The van der Waals surface area contributed by atoms with E-state index in [2.05, 4.69) is 17.6 Å². The van der Waals surface area contributed by atoms with Crippen molar-refractivity contribution in [1.29, 1.82) is 0 Å². The van der Waals surface area contributed by atoms with Gasteiger partial charge in [0.05, 0.1) is 5.56 Å². The zero-order valence-corrected chi connectivity index (χ0v) is 16.3. The summed E-state index contributed by atoms with van der Waals surface area (Å²) in [4.78, 5) is 26.9. The van der Waals surface area contributed by atoms with Gasteiger partial charge >= 0.3 is 0 Å². The van der Waals surface area contributed by atoms with Crippen molar-refractivity contribution < 1.29 is 9.59 Å². The van der Waals surface area contributed by atoms with Crippen LogP contribution in [0.1, 0.15) is 63.2 Å². The second-order valence-corrected chi connectivity index (χ2v) is 6.62. The van der Waals surface area contributed by atoms with E-state index in [1.54, 1.807) is 6.07 Å². The highest BCUT2D eigenvalue weighted by Crippen LogP contribution is 2.24. The molecule has 1 unspecified atom stereocenters. The highest BCUT2D eigenvalue weighted by atomic mass is 16.2. The molecule has 1 aromatic carbocycles. The standard InChI is InChI=1S/C20H33N3O2/c1-6-9-10-15(8-3)19(24)22-16-11-12-18(23(4)5)17(14-16)20(25)21-13-7-2/h11-12,14-15H,6-10,13H2,1-5H3,(H,21,25)(H,22,24). The summed E-state index contributed by atoms with van der Waals surface area (Å²) in [5.74, 6) is -0.0565. The number of benzene rings is 1. The maximum Gasteiger partial charge on any atom is 0.253 e. The number of unbranched alkanes of at least 4 members (excludes halogenated alkanes) is 1. The fourth-order valence-electron chi connectivity index (χ4n) is 2.73. The molecule has 0 radical (unpaired) electrons. The molecule has 2 N–H and O–H groups in total. The largest absolute Gasteiger partial charge is 0.377 e. The summed E-state index contributed by atoms with van der Waals surface area (Å²) in [6, 6.07) is 5.50. The van der Waals surface area contributed by atoms with Crippen LogP contribution in [-0.2, 0) is 4.79 Å². The summed E-state index contributed by atoms with van der Waals surface area (Å²) in [6.07, 6.45) is 4.75. The Morgan fingerprint density at radius 3 is 2.40 bits per heavy atom. The minimum atomic E-state index is -0.111. The molecule has 1 atom stereocenters. The summed E-state index contributed by atoms with van der Waals surface area (Å²) in [7, 11) is 3.81. The molecule has 0 aliphatic rings. The van der Waals surface area contributed by atoms with Gasteiger partial charge in [-0.15, -0.1) is 0 Å². The van der Waals surface area contributed by atoms with Crippen LogP contribution < -0.4 is 15.5 Å². The van der Waals surface area contributed by atoms with Crippen LogP contribution in [0.2, 0.25) is 0 Å². The fraction of sp³-hybridized carbons (Fsp3) is 0.600. The van der Waals surface area contributed by atoms with Gasteiger partial charge in [0, 0.05) is 37.9 Å². The molecule has 0 saturated carbocycles. The first-order valence-electron chi connectivity index (χ1n) is 9.34. The third kappa shape index (κ3) is 6.40. The van der Waals surface area contributed by atoms with Crippen LogP contribution in [0, 0.1) is 5.92 Å². The van der Waals surface area contributed by atoms with Crippen LogP contribution in [0.4, 0.5) is 11.4 Å². The van der Waals surface area contributed by atoms with E-state index in [1.165, 1.54) is 0 Å². The maximum atomic E-state index is 12.5. The van der Waals surface area contributed by atoms with Crippen molar-refractivity contribution in [1.82, 2.24) is 5.32 Å². The van der Waals surface area contributed by atoms with Crippen molar-refractivity contribution in [2.45, 2.75) is 52.9 Å². The lowest BCUT2D eigenvalue weighted by molar-refractivity contribution is -0.120. The fourth-order valence-corrected chi connectivity index (χ4v) is 2.73. The molecule has 1 rings (SSSR count). The van der Waals surface area contributed by atoms with Crippen LogP contribution in [0.3, 0.4) is 0 Å². The molecule has 0 aliphatic carbocycles. The first kappa shape index (κ1) is 21.0. The molecule has 25 heavy (non-hydrogen) atoms. The number of nitrogens with zero attached hydrogens (tertiary/aromatic N) is 1. The van der Waals surface area contributed by atoms with Gasteiger partial charge in [-0.1, -0.05) is 33.6 Å². The van der Waals surface area contributed by atoms with Gasteiger partial charge in [-0.05, 0) is 37.5 Å². The lowest BCUT2D eigenvalue weighted by Gasteiger charge is -2.19. The average Bonchev–Trinajstić information content (AvgIpc) is 2.60. The Morgan fingerprint density at radius 2 is 1.84 bits per heavy atom. The van der Waals surface area contributed by atoms with E-state index in [0.717, 1.165) is 37.8 Å². The molecule has 0 aliphatic heterocycles. The molecular weight excluding hydrogens is 314 g/mol. The molecule has 5 nitrogen and oxygen atoms in total. The SMILES string of the molecule is CCCCC(CC)C(=O)Nc1ccc(N(C)C)c(C(=O)NCCC)c1. The Balaban J connectivity index is 2.97. The predicted octanol–water partition coefficient (Wildman–Crippen LogP) is 4.05. The van der Waals surface area contributed by atoms with Crippen molar-refractivity contribution in [3.63, 3.8) is 0 Å². The molecule has 5 heteroatoms. The second kappa shape index (κ2) is 10.7. The van der Waals surface area contributed by atoms with E-state index in [1.807, 2.05) is 45.0 Å². The summed E-state index contributed by atoms with van der Waals surface area (Å²) in [5, 5.41) is 5.89. The Hall–Kier alpha value is -2.04. The Labute approximate surface area is 152 Å². The third-order valence-electron chi connectivity index (χ3n) is 4.30.